The van der Waals surface area contributed by atoms with E-state index in [1.807, 2.05) is 36.4 Å². The second-order valence-corrected chi connectivity index (χ2v) is 3.34. The predicted octanol–water partition coefficient (Wildman–Crippen LogP) is 2.59. The summed E-state index contributed by atoms with van der Waals surface area (Å²) in [6.07, 6.45) is 1.30. The van der Waals surface area contributed by atoms with E-state index in [9.17, 15) is 4.79 Å². The van der Waals surface area contributed by atoms with E-state index in [0.29, 0.717) is 6.42 Å². The number of rotatable bonds is 3. The highest BCUT2D eigenvalue weighted by atomic mass is 16.5. The molecule has 0 atom stereocenters. The molecule has 15 heavy (non-hydrogen) atoms. The monoisotopic (exact) mass is 200 g/mol. The standard InChI is InChI=1S/C13H12O2/c1-15-13-7-6-10-4-2-3-5-11(10)12(13)8-9-14/h2-7,9H,8H2,1H3. The Kier molecular flexibility index (Phi) is 2.68. The summed E-state index contributed by atoms with van der Waals surface area (Å²) in [6, 6.07) is 11.9. The summed E-state index contributed by atoms with van der Waals surface area (Å²) in [7, 11) is 1.62. The van der Waals surface area contributed by atoms with Crippen LogP contribution in [0.3, 0.4) is 0 Å². The van der Waals surface area contributed by atoms with Gasteiger partial charge in [-0.05, 0) is 16.8 Å². The highest BCUT2D eigenvalue weighted by Crippen LogP contribution is 2.27. The molecule has 2 nitrogen and oxygen atoms in total. The third-order valence-corrected chi connectivity index (χ3v) is 2.50. The van der Waals surface area contributed by atoms with Crippen LogP contribution in [0.25, 0.3) is 10.8 Å². The Morgan fingerprint density at radius 2 is 2.00 bits per heavy atom. The topological polar surface area (TPSA) is 26.3 Å². The van der Waals surface area contributed by atoms with E-state index in [0.717, 1.165) is 28.4 Å². The first-order valence-corrected chi connectivity index (χ1v) is 4.85. The first-order valence-electron chi connectivity index (χ1n) is 4.85. The van der Waals surface area contributed by atoms with E-state index in [1.54, 1.807) is 7.11 Å². The van der Waals surface area contributed by atoms with E-state index >= 15 is 0 Å². The van der Waals surface area contributed by atoms with Crippen LogP contribution >= 0.6 is 0 Å². The van der Waals surface area contributed by atoms with Gasteiger partial charge in [0.05, 0.1) is 7.11 Å². The SMILES string of the molecule is COc1ccc2ccccc2c1CC=O. The molecule has 0 aliphatic carbocycles. The highest BCUT2D eigenvalue weighted by molar-refractivity contribution is 5.89. The maximum absolute atomic E-state index is 10.6. The van der Waals surface area contributed by atoms with Crippen molar-refractivity contribution in [3.63, 3.8) is 0 Å². The highest BCUT2D eigenvalue weighted by Gasteiger charge is 2.06. The second-order valence-electron chi connectivity index (χ2n) is 3.34. The van der Waals surface area contributed by atoms with Gasteiger partial charge in [0.1, 0.15) is 12.0 Å². The average Bonchev–Trinajstić information content (AvgIpc) is 2.30. The summed E-state index contributed by atoms with van der Waals surface area (Å²) in [5.41, 5.74) is 0.964. The van der Waals surface area contributed by atoms with Crippen LogP contribution in [-0.2, 0) is 11.2 Å². The van der Waals surface area contributed by atoms with Crippen LogP contribution in [0, 0.1) is 0 Å². The van der Waals surface area contributed by atoms with Crippen molar-refractivity contribution in [2.75, 3.05) is 7.11 Å². The lowest BCUT2D eigenvalue weighted by Crippen LogP contribution is -1.94. The fourth-order valence-corrected chi connectivity index (χ4v) is 1.80. The van der Waals surface area contributed by atoms with Crippen LogP contribution in [0.15, 0.2) is 36.4 Å². The lowest BCUT2D eigenvalue weighted by atomic mass is 10.0. The summed E-state index contributed by atoms with van der Waals surface area (Å²) >= 11 is 0. The molecule has 0 heterocycles. The van der Waals surface area contributed by atoms with Gasteiger partial charge in [0.15, 0.2) is 0 Å². The van der Waals surface area contributed by atoms with E-state index in [2.05, 4.69) is 0 Å². The molecule has 0 N–H and O–H groups in total. The Hall–Kier alpha value is -1.83. The first-order chi connectivity index (χ1) is 7.36. The molecule has 0 aromatic heterocycles. The Labute approximate surface area is 88.5 Å². The van der Waals surface area contributed by atoms with Crippen molar-refractivity contribution in [2.24, 2.45) is 0 Å². The van der Waals surface area contributed by atoms with Gasteiger partial charge in [-0.3, -0.25) is 0 Å². The molecule has 0 aliphatic heterocycles. The van der Waals surface area contributed by atoms with Gasteiger partial charge >= 0.3 is 0 Å². The minimum Gasteiger partial charge on any atom is -0.496 e. The average molecular weight is 200 g/mol. The third-order valence-electron chi connectivity index (χ3n) is 2.50. The van der Waals surface area contributed by atoms with Crippen molar-refractivity contribution < 1.29 is 9.53 Å². The molecule has 0 fully saturated rings. The Morgan fingerprint density at radius 1 is 1.20 bits per heavy atom. The van der Waals surface area contributed by atoms with Crippen LogP contribution < -0.4 is 4.74 Å². The van der Waals surface area contributed by atoms with Gasteiger partial charge < -0.3 is 9.53 Å². The molecule has 0 saturated carbocycles. The third kappa shape index (κ3) is 1.71. The molecule has 0 radical (unpaired) electrons. The quantitative estimate of drug-likeness (QED) is 0.712. The number of aldehydes is 1. The molecular weight excluding hydrogens is 188 g/mol. The summed E-state index contributed by atoms with van der Waals surface area (Å²) in [4.78, 5) is 10.6. The number of hydrogen-bond acceptors (Lipinski definition) is 2. The first kappa shape index (κ1) is 9.71. The number of methoxy groups -OCH3 is 1. The number of carbonyl (C=O) groups is 1. The summed E-state index contributed by atoms with van der Waals surface area (Å²) in [5.74, 6) is 0.779. The largest absolute Gasteiger partial charge is 0.496 e. The fourth-order valence-electron chi connectivity index (χ4n) is 1.80. The van der Waals surface area contributed by atoms with Crippen LogP contribution in [0.1, 0.15) is 5.56 Å². The van der Waals surface area contributed by atoms with Crippen LogP contribution in [0.4, 0.5) is 0 Å². The fraction of sp³-hybridized carbons (Fsp3) is 0.154. The van der Waals surface area contributed by atoms with Gasteiger partial charge in [0.2, 0.25) is 0 Å². The molecule has 0 saturated heterocycles. The molecule has 0 bridgehead atoms. The van der Waals surface area contributed by atoms with Gasteiger partial charge in [-0.15, -0.1) is 0 Å². The zero-order chi connectivity index (χ0) is 10.7. The number of benzene rings is 2. The normalized spacial score (nSPS) is 10.2. The Balaban J connectivity index is 2.72. The smallest absolute Gasteiger partial charge is 0.124 e. The van der Waals surface area contributed by atoms with Crippen molar-refractivity contribution in [3.8, 4) is 5.75 Å². The van der Waals surface area contributed by atoms with E-state index in [-0.39, 0.29) is 0 Å². The van der Waals surface area contributed by atoms with Crippen molar-refractivity contribution in [3.05, 3.63) is 42.0 Å². The zero-order valence-corrected chi connectivity index (χ0v) is 8.57. The molecule has 0 unspecified atom stereocenters. The van der Waals surface area contributed by atoms with Gasteiger partial charge in [-0.25, -0.2) is 0 Å². The molecule has 0 amide bonds. The molecule has 2 aromatic rings. The minimum atomic E-state index is 0.393. The minimum absolute atomic E-state index is 0.393. The molecule has 2 rings (SSSR count). The van der Waals surface area contributed by atoms with Crippen LogP contribution in [-0.4, -0.2) is 13.4 Å². The van der Waals surface area contributed by atoms with Gasteiger partial charge in [-0.1, -0.05) is 30.3 Å². The van der Waals surface area contributed by atoms with Gasteiger partial charge in [-0.2, -0.15) is 0 Å². The molecule has 0 spiro atoms. The molecular formula is C13H12O2. The predicted molar refractivity (Wildman–Crippen MR) is 60.3 cm³/mol. The number of hydrogen-bond donors (Lipinski definition) is 0. The van der Waals surface area contributed by atoms with Crippen molar-refractivity contribution in [1.82, 2.24) is 0 Å². The number of carbonyl (C=O) groups excluding carboxylic acids is 1. The lowest BCUT2D eigenvalue weighted by molar-refractivity contribution is -0.107. The van der Waals surface area contributed by atoms with Crippen molar-refractivity contribution in [1.29, 1.82) is 0 Å². The molecule has 2 aromatic carbocycles. The maximum atomic E-state index is 10.6. The second kappa shape index (κ2) is 4.13. The summed E-state index contributed by atoms with van der Waals surface area (Å²) < 4.78 is 5.25. The number of fused-ring (bicyclic) bond motifs is 1. The Morgan fingerprint density at radius 3 is 2.73 bits per heavy atom. The van der Waals surface area contributed by atoms with Crippen molar-refractivity contribution in [2.45, 2.75) is 6.42 Å². The van der Waals surface area contributed by atoms with Gasteiger partial charge in [0.25, 0.3) is 0 Å². The van der Waals surface area contributed by atoms with E-state index in [1.165, 1.54) is 0 Å². The zero-order valence-electron chi connectivity index (χ0n) is 8.57. The maximum Gasteiger partial charge on any atom is 0.124 e. The van der Waals surface area contributed by atoms with E-state index in [4.69, 9.17) is 4.74 Å². The van der Waals surface area contributed by atoms with Crippen molar-refractivity contribution >= 4 is 17.1 Å². The molecule has 76 valence electrons. The summed E-state index contributed by atoms with van der Waals surface area (Å²) in [5, 5.41) is 2.22. The lowest BCUT2D eigenvalue weighted by Gasteiger charge is -2.09. The summed E-state index contributed by atoms with van der Waals surface area (Å²) in [6.45, 7) is 0. The van der Waals surface area contributed by atoms with E-state index < -0.39 is 0 Å². The van der Waals surface area contributed by atoms with Crippen LogP contribution in [0.5, 0.6) is 5.75 Å². The van der Waals surface area contributed by atoms with Crippen LogP contribution in [0.2, 0.25) is 0 Å². The Bertz CT molecular complexity index is 489. The molecule has 0 aliphatic rings. The van der Waals surface area contributed by atoms with Gasteiger partial charge in [0, 0.05) is 12.0 Å². The molecule has 2 heteroatoms. The number of ether oxygens (including phenoxy) is 1.